The van der Waals surface area contributed by atoms with E-state index in [1.54, 1.807) is 0 Å². The summed E-state index contributed by atoms with van der Waals surface area (Å²) < 4.78 is 0. The van der Waals surface area contributed by atoms with Crippen LogP contribution in [0.2, 0.25) is 0 Å². The van der Waals surface area contributed by atoms with E-state index in [0.717, 1.165) is 36.2 Å². The zero-order valence-corrected chi connectivity index (χ0v) is 10.6. The van der Waals surface area contributed by atoms with Gasteiger partial charge in [0.15, 0.2) is 0 Å². The molecule has 0 amide bonds. The summed E-state index contributed by atoms with van der Waals surface area (Å²) in [7, 11) is 0. The molecule has 0 saturated heterocycles. The fourth-order valence-electron chi connectivity index (χ4n) is 1.91. The summed E-state index contributed by atoms with van der Waals surface area (Å²) in [5, 5.41) is 0. The van der Waals surface area contributed by atoms with E-state index in [1.807, 2.05) is 30.5 Å². The van der Waals surface area contributed by atoms with E-state index < -0.39 is 0 Å². The second-order valence-corrected chi connectivity index (χ2v) is 4.37. The SMILES string of the molecule is CCCc1nc(N)ncc1Cc1ccc(N)cc1. The van der Waals surface area contributed by atoms with Crippen molar-refractivity contribution in [3.63, 3.8) is 0 Å². The van der Waals surface area contributed by atoms with Gasteiger partial charge in [-0.15, -0.1) is 0 Å². The molecule has 18 heavy (non-hydrogen) atoms. The van der Waals surface area contributed by atoms with Crippen LogP contribution in [0.5, 0.6) is 0 Å². The summed E-state index contributed by atoms with van der Waals surface area (Å²) in [6, 6.07) is 7.88. The number of hydrogen-bond donors (Lipinski definition) is 2. The van der Waals surface area contributed by atoms with Crippen molar-refractivity contribution < 1.29 is 0 Å². The Balaban J connectivity index is 2.25. The third kappa shape index (κ3) is 2.97. The first-order chi connectivity index (χ1) is 8.69. The van der Waals surface area contributed by atoms with E-state index in [2.05, 4.69) is 16.9 Å². The van der Waals surface area contributed by atoms with E-state index in [0.29, 0.717) is 5.95 Å². The quantitative estimate of drug-likeness (QED) is 0.805. The normalized spacial score (nSPS) is 10.5. The highest BCUT2D eigenvalue weighted by Gasteiger charge is 2.06. The largest absolute Gasteiger partial charge is 0.399 e. The summed E-state index contributed by atoms with van der Waals surface area (Å²) in [6.07, 6.45) is 4.61. The van der Waals surface area contributed by atoms with Crippen molar-refractivity contribution in [3.8, 4) is 0 Å². The van der Waals surface area contributed by atoms with Crippen LogP contribution in [0.25, 0.3) is 0 Å². The van der Waals surface area contributed by atoms with Crippen LogP contribution in [0.1, 0.15) is 30.2 Å². The zero-order valence-electron chi connectivity index (χ0n) is 10.6. The maximum absolute atomic E-state index is 5.68. The first-order valence-corrected chi connectivity index (χ1v) is 6.13. The van der Waals surface area contributed by atoms with Crippen molar-refractivity contribution in [1.82, 2.24) is 9.97 Å². The zero-order chi connectivity index (χ0) is 13.0. The van der Waals surface area contributed by atoms with Crippen LogP contribution < -0.4 is 11.5 Å². The lowest BCUT2D eigenvalue weighted by Crippen LogP contribution is -2.04. The molecule has 0 fully saturated rings. The molecular formula is C14H18N4. The Bertz CT molecular complexity index is 520. The fraction of sp³-hybridized carbons (Fsp3) is 0.286. The number of nitrogen functional groups attached to an aromatic ring is 2. The first-order valence-electron chi connectivity index (χ1n) is 6.13. The summed E-state index contributed by atoms with van der Waals surface area (Å²) >= 11 is 0. The van der Waals surface area contributed by atoms with Gasteiger partial charge in [0.1, 0.15) is 0 Å². The number of benzene rings is 1. The first kappa shape index (κ1) is 12.4. The van der Waals surface area contributed by atoms with Crippen LogP contribution >= 0.6 is 0 Å². The van der Waals surface area contributed by atoms with E-state index >= 15 is 0 Å². The smallest absolute Gasteiger partial charge is 0.220 e. The number of nitrogens with zero attached hydrogens (tertiary/aromatic N) is 2. The Morgan fingerprint density at radius 2 is 1.83 bits per heavy atom. The van der Waals surface area contributed by atoms with Gasteiger partial charge in [-0.05, 0) is 29.7 Å². The third-order valence-electron chi connectivity index (χ3n) is 2.83. The molecular weight excluding hydrogens is 224 g/mol. The van der Waals surface area contributed by atoms with E-state index in [4.69, 9.17) is 11.5 Å². The molecule has 0 aliphatic carbocycles. The topological polar surface area (TPSA) is 77.8 Å². The highest BCUT2D eigenvalue weighted by molar-refractivity contribution is 5.41. The standard InChI is InChI=1S/C14H18N4/c1-2-3-13-11(9-17-14(16)18-13)8-10-4-6-12(15)7-5-10/h4-7,9H,2-3,8,15H2,1H3,(H2,16,17,18). The molecule has 1 aromatic carbocycles. The number of hydrogen-bond acceptors (Lipinski definition) is 4. The Hall–Kier alpha value is -2.10. The molecule has 0 saturated carbocycles. The van der Waals surface area contributed by atoms with Gasteiger partial charge in [-0.3, -0.25) is 0 Å². The number of aryl methyl sites for hydroxylation is 1. The lowest BCUT2D eigenvalue weighted by atomic mass is 10.0. The highest BCUT2D eigenvalue weighted by atomic mass is 15.0. The predicted octanol–water partition coefficient (Wildman–Crippen LogP) is 2.18. The average molecular weight is 242 g/mol. The molecule has 2 rings (SSSR count). The van der Waals surface area contributed by atoms with Gasteiger partial charge in [0.25, 0.3) is 0 Å². The lowest BCUT2D eigenvalue weighted by Gasteiger charge is -2.08. The van der Waals surface area contributed by atoms with Gasteiger partial charge in [0.2, 0.25) is 5.95 Å². The fourth-order valence-corrected chi connectivity index (χ4v) is 1.91. The van der Waals surface area contributed by atoms with E-state index in [9.17, 15) is 0 Å². The molecule has 0 unspecified atom stereocenters. The van der Waals surface area contributed by atoms with Crippen molar-refractivity contribution in [2.45, 2.75) is 26.2 Å². The van der Waals surface area contributed by atoms with Crippen molar-refractivity contribution in [2.24, 2.45) is 0 Å². The molecule has 0 atom stereocenters. The monoisotopic (exact) mass is 242 g/mol. The van der Waals surface area contributed by atoms with Crippen LogP contribution in [0.15, 0.2) is 30.5 Å². The van der Waals surface area contributed by atoms with Gasteiger partial charge in [0, 0.05) is 24.0 Å². The number of aromatic nitrogens is 2. The van der Waals surface area contributed by atoms with Gasteiger partial charge < -0.3 is 11.5 Å². The minimum Gasteiger partial charge on any atom is -0.399 e. The molecule has 1 heterocycles. The Labute approximate surface area is 107 Å². The van der Waals surface area contributed by atoms with Crippen LogP contribution in [0.3, 0.4) is 0 Å². The second kappa shape index (κ2) is 5.49. The Morgan fingerprint density at radius 1 is 1.11 bits per heavy atom. The van der Waals surface area contributed by atoms with Crippen molar-refractivity contribution in [1.29, 1.82) is 0 Å². The molecule has 4 heteroatoms. The van der Waals surface area contributed by atoms with Crippen LogP contribution in [0.4, 0.5) is 11.6 Å². The Kier molecular flexibility index (Phi) is 3.77. The van der Waals surface area contributed by atoms with Crippen LogP contribution in [-0.4, -0.2) is 9.97 Å². The number of rotatable bonds is 4. The molecule has 0 aliphatic heterocycles. The van der Waals surface area contributed by atoms with Gasteiger partial charge in [0.05, 0.1) is 0 Å². The molecule has 0 aliphatic rings. The second-order valence-electron chi connectivity index (χ2n) is 4.37. The summed E-state index contributed by atoms with van der Waals surface area (Å²) in [6.45, 7) is 2.13. The van der Waals surface area contributed by atoms with E-state index in [-0.39, 0.29) is 0 Å². The molecule has 4 N–H and O–H groups in total. The van der Waals surface area contributed by atoms with Crippen molar-refractivity contribution in [3.05, 3.63) is 47.3 Å². The molecule has 1 aromatic heterocycles. The van der Waals surface area contributed by atoms with Gasteiger partial charge >= 0.3 is 0 Å². The molecule has 2 aromatic rings. The van der Waals surface area contributed by atoms with Crippen molar-refractivity contribution in [2.75, 3.05) is 11.5 Å². The van der Waals surface area contributed by atoms with Gasteiger partial charge in [-0.25, -0.2) is 9.97 Å². The van der Waals surface area contributed by atoms with Gasteiger partial charge in [-0.1, -0.05) is 25.5 Å². The van der Waals surface area contributed by atoms with E-state index in [1.165, 1.54) is 5.56 Å². The highest BCUT2D eigenvalue weighted by Crippen LogP contribution is 2.15. The minimum atomic E-state index is 0.347. The molecule has 0 spiro atoms. The molecule has 4 nitrogen and oxygen atoms in total. The molecule has 0 radical (unpaired) electrons. The third-order valence-corrected chi connectivity index (χ3v) is 2.83. The maximum Gasteiger partial charge on any atom is 0.220 e. The predicted molar refractivity (Wildman–Crippen MR) is 74.1 cm³/mol. The van der Waals surface area contributed by atoms with Crippen molar-refractivity contribution >= 4 is 11.6 Å². The number of nitrogens with two attached hydrogens (primary N) is 2. The lowest BCUT2D eigenvalue weighted by molar-refractivity contribution is 0.853. The maximum atomic E-state index is 5.68. The summed E-state index contributed by atoms with van der Waals surface area (Å²) in [4.78, 5) is 8.40. The summed E-state index contributed by atoms with van der Waals surface area (Å²) in [5.41, 5.74) is 15.5. The average Bonchev–Trinajstić information content (AvgIpc) is 2.36. The molecule has 0 bridgehead atoms. The van der Waals surface area contributed by atoms with Crippen LogP contribution in [-0.2, 0) is 12.8 Å². The Morgan fingerprint density at radius 3 is 2.50 bits per heavy atom. The molecule has 94 valence electrons. The summed E-state index contributed by atoms with van der Waals surface area (Å²) in [5.74, 6) is 0.347. The van der Waals surface area contributed by atoms with Gasteiger partial charge in [-0.2, -0.15) is 0 Å². The minimum absolute atomic E-state index is 0.347. The number of anilines is 2. The van der Waals surface area contributed by atoms with Crippen LogP contribution in [0, 0.1) is 0 Å².